The van der Waals surface area contributed by atoms with Crippen molar-refractivity contribution in [2.75, 3.05) is 0 Å². The molecule has 0 aliphatic rings. The van der Waals surface area contributed by atoms with Crippen molar-refractivity contribution in [3.05, 3.63) is 29.6 Å². The molecule has 0 radical (unpaired) electrons. The minimum Gasteiger partial charge on any atom is -0.545 e. The van der Waals surface area contributed by atoms with Gasteiger partial charge in [0, 0.05) is 11.8 Å². The number of esters is 1. The van der Waals surface area contributed by atoms with Gasteiger partial charge in [0.15, 0.2) is 5.69 Å². The summed E-state index contributed by atoms with van der Waals surface area (Å²) in [5.74, 6) is -2.20. The predicted molar refractivity (Wildman–Crippen MR) is 49.1 cm³/mol. The quantitative estimate of drug-likeness (QED) is 0.654. The lowest BCUT2D eigenvalue weighted by Gasteiger charge is -2.10. The van der Waals surface area contributed by atoms with Gasteiger partial charge in [-0.05, 0) is 26.0 Å². The predicted octanol–water partition coefficient (Wildman–Crippen LogP) is 0.0103. The minimum atomic E-state index is -1.45. The maximum atomic E-state index is 11.4. The van der Waals surface area contributed by atoms with Crippen molar-refractivity contribution < 1.29 is 19.4 Å². The highest BCUT2D eigenvalue weighted by molar-refractivity contribution is 6.00. The maximum Gasteiger partial charge on any atom is 0.357 e. The van der Waals surface area contributed by atoms with Crippen molar-refractivity contribution >= 4 is 11.9 Å². The van der Waals surface area contributed by atoms with Crippen LogP contribution in [-0.4, -0.2) is 23.0 Å². The van der Waals surface area contributed by atoms with Gasteiger partial charge < -0.3 is 14.6 Å². The van der Waals surface area contributed by atoms with Crippen LogP contribution in [0.15, 0.2) is 18.3 Å². The molecule has 5 nitrogen and oxygen atoms in total. The molecule has 0 N–H and O–H groups in total. The number of aromatic nitrogens is 1. The molecule has 0 saturated heterocycles. The van der Waals surface area contributed by atoms with Crippen LogP contribution in [0.5, 0.6) is 0 Å². The summed E-state index contributed by atoms with van der Waals surface area (Å²) in [5, 5.41) is 10.7. The van der Waals surface area contributed by atoms with Crippen molar-refractivity contribution in [2.24, 2.45) is 0 Å². The molecule has 0 aliphatic heterocycles. The largest absolute Gasteiger partial charge is 0.545 e. The van der Waals surface area contributed by atoms with Gasteiger partial charge in [0.1, 0.15) is 0 Å². The third kappa shape index (κ3) is 2.77. The number of carbonyl (C=O) groups is 2. The summed E-state index contributed by atoms with van der Waals surface area (Å²) >= 11 is 0. The number of hydrogen-bond donors (Lipinski definition) is 0. The number of carbonyl (C=O) groups excluding carboxylic acids is 2. The molecule has 80 valence electrons. The molecular formula is C10H10NO4-. The molecule has 1 aromatic rings. The van der Waals surface area contributed by atoms with E-state index in [-0.39, 0.29) is 17.4 Å². The number of rotatable bonds is 3. The van der Waals surface area contributed by atoms with Crippen molar-refractivity contribution in [3.63, 3.8) is 0 Å². The van der Waals surface area contributed by atoms with Crippen LogP contribution in [0.4, 0.5) is 0 Å². The van der Waals surface area contributed by atoms with E-state index in [1.165, 1.54) is 18.3 Å². The third-order valence-electron chi connectivity index (χ3n) is 1.56. The van der Waals surface area contributed by atoms with E-state index in [9.17, 15) is 14.7 Å². The van der Waals surface area contributed by atoms with Gasteiger partial charge in [0.05, 0.1) is 12.1 Å². The van der Waals surface area contributed by atoms with Crippen LogP contribution in [0.1, 0.15) is 34.7 Å². The van der Waals surface area contributed by atoms with E-state index in [0.29, 0.717) is 0 Å². The van der Waals surface area contributed by atoms with Crippen molar-refractivity contribution in [3.8, 4) is 0 Å². The zero-order valence-corrected chi connectivity index (χ0v) is 8.39. The molecular weight excluding hydrogens is 198 g/mol. The van der Waals surface area contributed by atoms with Crippen LogP contribution in [0.2, 0.25) is 0 Å². The van der Waals surface area contributed by atoms with E-state index in [2.05, 4.69) is 4.98 Å². The number of carboxylic acid groups (broad SMARTS) is 1. The summed E-state index contributed by atoms with van der Waals surface area (Å²) in [4.78, 5) is 25.7. The molecule has 0 aliphatic carbocycles. The summed E-state index contributed by atoms with van der Waals surface area (Å²) in [6, 6.07) is 2.66. The second kappa shape index (κ2) is 4.54. The number of pyridine rings is 1. The van der Waals surface area contributed by atoms with Gasteiger partial charge in [-0.3, -0.25) is 0 Å². The lowest BCUT2D eigenvalue weighted by molar-refractivity contribution is -0.255. The van der Waals surface area contributed by atoms with E-state index in [4.69, 9.17) is 4.74 Å². The molecule has 15 heavy (non-hydrogen) atoms. The number of aromatic carboxylic acids is 1. The van der Waals surface area contributed by atoms with Gasteiger partial charge in [-0.2, -0.15) is 0 Å². The molecule has 0 fully saturated rings. The Hall–Kier alpha value is -1.91. The number of nitrogens with zero attached hydrogens (tertiary/aromatic N) is 1. The van der Waals surface area contributed by atoms with E-state index < -0.39 is 11.9 Å². The molecule has 1 rings (SSSR count). The second-order valence-electron chi connectivity index (χ2n) is 3.14. The van der Waals surface area contributed by atoms with Gasteiger partial charge in [-0.1, -0.05) is 0 Å². The molecule has 0 aromatic carbocycles. The Labute approximate surface area is 86.7 Å². The summed E-state index contributed by atoms with van der Waals surface area (Å²) < 4.78 is 4.83. The van der Waals surface area contributed by atoms with E-state index >= 15 is 0 Å². The summed E-state index contributed by atoms with van der Waals surface area (Å²) in [5.41, 5.74) is -0.491. The average molecular weight is 208 g/mol. The molecule has 1 aromatic heterocycles. The third-order valence-corrected chi connectivity index (χ3v) is 1.56. The SMILES string of the molecule is CC(C)OC(=O)c1ncccc1C(=O)[O-]. The van der Waals surface area contributed by atoms with E-state index in [1.54, 1.807) is 13.8 Å². The van der Waals surface area contributed by atoms with Crippen LogP contribution < -0.4 is 5.11 Å². The Kier molecular flexibility index (Phi) is 3.38. The monoisotopic (exact) mass is 208 g/mol. The lowest BCUT2D eigenvalue weighted by Crippen LogP contribution is -2.26. The van der Waals surface area contributed by atoms with Crippen LogP contribution in [0.25, 0.3) is 0 Å². The van der Waals surface area contributed by atoms with Crippen molar-refractivity contribution in [1.82, 2.24) is 4.98 Å². The Morgan fingerprint density at radius 2 is 2.13 bits per heavy atom. The topological polar surface area (TPSA) is 79.3 Å². The first-order valence-electron chi connectivity index (χ1n) is 4.39. The van der Waals surface area contributed by atoms with Crippen LogP contribution in [-0.2, 0) is 4.74 Å². The molecule has 0 amide bonds. The number of hydrogen-bond acceptors (Lipinski definition) is 5. The fraction of sp³-hybridized carbons (Fsp3) is 0.300. The minimum absolute atomic E-state index is 0.230. The molecule has 0 bridgehead atoms. The molecule has 0 unspecified atom stereocenters. The zero-order chi connectivity index (χ0) is 11.4. The Morgan fingerprint density at radius 3 is 2.67 bits per heavy atom. The zero-order valence-electron chi connectivity index (χ0n) is 8.39. The Bertz CT molecular complexity index is 387. The normalized spacial score (nSPS) is 10.1. The number of ether oxygens (including phenoxy) is 1. The molecule has 5 heteroatoms. The van der Waals surface area contributed by atoms with Gasteiger partial charge >= 0.3 is 5.97 Å². The first-order valence-corrected chi connectivity index (χ1v) is 4.39. The van der Waals surface area contributed by atoms with Crippen molar-refractivity contribution in [2.45, 2.75) is 20.0 Å². The van der Waals surface area contributed by atoms with Gasteiger partial charge in [-0.25, -0.2) is 9.78 Å². The highest BCUT2D eigenvalue weighted by atomic mass is 16.5. The molecule has 0 spiro atoms. The molecule has 0 atom stereocenters. The first-order chi connectivity index (χ1) is 7.02. The fourth-order valence-corrected chi connectivity index (χ4v) is 1.00. The van der Waals surface area contributed by atoms with E-state index in [1.807, 2.05) is 0 Å². The fourth-order valence-electron chi connectivity index (χ4n) is 1.00. The first kappa shape index (κ1) is 11.2. The van der Waals surface area contributed by atoms with Gasteiger partial charge in [0.2, 0.25) is 0 Å². The van der Waals surface area contributed by atoms with Gasteiger partial charge in [0.25, 0.3) is 0 Å². The maximum absolute atomic E-state index is 11.4. The van der Waals surface area contributed by atoms with Gasteiger partial charge in [-0.15, -0.1) is 0 Å². The van der Waals surface area contributed by atoms with Crippen LogP contribution in [0, 0.1) is 0 Å². The lowest BCUT2D eigenvalue weighted by atomic mass is 10.2. The Balaban J connectivity index is 3.03. The summed E-state index contributed by atoms with van der Waals surface area (Å²) in [6.45, 7) is 3.33. The summed E-state index contributed by atoms with van der Waals surface area (Å²) in [6.07, 6.45) is 0.998. The molecule has 0 saturated carbocycles. The average Bonchev–Trinajstić information content (AvgIpc) is 2.16. The van der Waals surface area contributed by atoms with Crippen LogP contribution in [0.3, 0.4) is 0 Å². The highest BCUT2D eigenvalue weighted by Crippen LogP contribution is 2.07. The summed E-state index contributed by atoms with van der Waals surface area (Å²) in [7, 11) is 0. The standard InChI is InChI=1S/C10H11NO4/c1-6(2)15-10(14)8-7(9(12)13)4-3-5-11-8/h3-6H,1-2H3,(H,12,13)/p-1. The Morgan fingerprint density at radius 1 is 1.47 bits per heavy atom. The van der Waals surface area contributed by atoms with E-state index in [0.717, 1.165) is 0 Å². The number of carboxylic acids is 1. The van der Waals surface area contributed by atoms with Crippen molar-refractivity contribution in [1.29, 1.82) is 0 Å². The smallest absolute Gasteiger partial charge is 0.357 e. The van der Waals surface area contributed by atoms with Crippen LogP contribution >= 0.6 is 0 Å². The highest BCUT2D eigenvalue weighted by Gasteiger charge is 2.15. The molecule has 1 heterocycles. The second-order valence-corrected chi connectivity index (χ2v) is 3.14.